The summed E-state index contributed by atoms with van der Waals surface area (Å²) in [6, 6.07) is 11.4. The summed E-state index contributed by atoms with van der Waals surface area (Å²) in [7, 11) is 0. The quantitative estimate of drug-likeness (QED) is 0.885. The molecule has 1 aromatic carbocycles. The van der Waals surface area contributed by atoms with Gasteiger partial charge in [0.25, 0.3) is 0 Å². The van der Waals surface area contributed by atoms with Crippen LogP contribution in [0.1, 0.15) is 29.9 Å². The Balaban J connectivity index is 1.87. The molecular formula is C15H18N2O2. The van der Waals surface area contributed by atoms with Gasteiger partial charge in [0.15, 0.2) is 0 Å². The van der Waals surface area contributed by atoms with Crippen molar-refractivity contribution < 1.29 is 9.21 Å². The highest BCUT2D eigenvalue weighted by Gasteiger charge is 2.11. The minimum atomic E-state index is -0.202. The van der Waals surface area contributed by atoms with E-state index in [4.69, 9.17) is 4.42 Å². The number of amides is 2. The van der Waals surface area contributed by atoms with Crippen LogP contribution in [0.25, 0.3) is 0 Å². The molecule has 2 N–H and O–H groups in total. The van der Waals surface area contributed by atoms with Crippen LogP contribution in [0.4, 0.5) is 4.79 Å². The maximum absolute atomic E-state index is 11.8. The van der Waals surface area contributed by atoms with Gasteiger partial charge in [-0.1, -0.05) is 24.3 Å². The predicted molar refractivity (Wildman–Crippen MR) is 73.7 cm³/mol. The third kappa shape index (κ3) is 3.61. The fraction of sp³-hybridized carbons (Fsp3) is 0.267. The van der Waals surface area contributed by atoms with Gasteiger partial charge < -0.3 is 15.1 Å². The molecule has 1 aromatic heterocycles. The molecule has 0 fully saturated rings. The topological polar surface area (TPSA) is 54.3 Å². The molecule has 19 heavy (non-hydrogen) atoms. The molecule has 0 radical (unpaired) electrons. The van der Waals surface area contributed by atoms with Crippen LogP contribution in [0.3, 0.4) is 0 Å². The lowest BCUT2D eigenvalue weighted by molar-refractivity contribution is 0.236. The summed E-state index contributed by atoms with van der Waals surface area (Å²) in [4.78, 5) is 11.8. The fourth-order valence-electron chi connectivity index (χ4n) is 1.98. The number of carbonyl (C=O) groups is 1. The molecule has 4 nitrogen and oxygen atoms in total. The van der Waals surface area contributed by atoms with Crippen LogP contribution >= 0.6 is 0 Å². The molecule has 1 unspecified atom stereocenters. The number of urea groups is 1. The smallest absolute Gasteiger partial charge is 0.315 e. The molecule has 0 aliphatic carbocycles. The number of rotatable bonds is 4. The molecule has 0 spiro atoms. The monoisotopic (exact) mass is 258 g/mol. The Morgan fingerprint density at radius 1 is 1.26 bits per heavy atom. The fourth-order valence-corrected chi connectivity index (χ4v) is 1.98. The van der Waals surface area contributed by atoms with Crippen molar-refractivity contribution in [2.24, 2.45) is 0 Å². The summed E-state index contributed by atoms with van der Waals surface area (Å²) in [5.41, 5.74) is 2.29. The van der Waals surface area contributed by atoms with E-state index in [1.807, 2.05) is 44.2 Å². The zero-order chi connectivity index (χ0) is 13.7. The highest BCUT2D eigenvalue weighted by molar-refractivity contribution is 5.74. The Bertz CT molecular complexity index is 535. The Kier molecular flexibility index (Phi) is 4.23. The van der Waals surface area contributed by atoms with Crippen LogP contribution in [-0.2, 0) is 6.54 Å². The van der Waals surface area contributed by atoms with E-state index >= 15 is 0 Å². The van der Waals surface area contributed by atoms with E-state index in [0.29, 0.717) is 6.54 Å². The van der Waals surface area contributed by atoms with Crippen molar-refractivity contribution in [1.29, 1.82) is 0 Å². The Morgan fingerprint density at radius 3 is 2.74 bits per heavy atom. The predicted octanol–water partition coefficient (Wildman–Crippen LogP) is 3.15. The third-order valence-electron chi connectivity index (χ3n) is 3.01. The van der Waals surface area contributed by atoms with Gasteiger partial charge in [-0.25, -0.2) is 4.79 Å². The molecule has 0 aliphatic heterocycles. The lowest BCUT2D eigenvalue weighted by Gasteiger charge is -2.16. The van der Waals surface area contributed by atoms with Crippen molar-refractivity contribution in [3.8, 4) is 0 Å². The maximum atomic E-state index is 11.8. The van der Waals surface area contributed by atoms with E-state index in [1.54, 1.807) is 12.3 Å². The number of hydrogen-bond acceptors (Lipinski definition) is 2. The zero-order valence-corrected chi connectivity index (χ0v) is 11.1. The zero-order valence-electron chi connectivity index (χ0n) is 11.1. The normalized spacial score (nSPS) is 11.9. The Labute approximate surface area is 112 Å². The first-order valence-corrected chi connectivity index (χ1v) is 6.29. The number of carbonyl (C=O) groups excluding carboxylic acids is 1. The van der Waals surface area contributed by atoms with Crippen molar-refractivity contribution in [2.45, 2.75) is 26.4 Å². The molecule has 1 heterocycles. The van der Waals surface area contributed by atoms with E-state index in [9.17, 15) is 4.79 Å². The van der Waals surface area contributed by atoms with Gasteiger partial charge >= 0.3 is 6.03 Å². The molecule has 2 aromatic rings. The SMILES string of the molecule is Cc1ccccc1C(C)NC(=O)NCc1ccco1. The van der Waals surface area contributed by atoms with Crippen LogP contribution in [0.2, 0.25) is 0 Å². The van der Waals surface area contributed by atoms with Gasteiger partial charge in [0.1, 0.15) is 5.76 Å². The van der Waals surface area contributed by atoms with Gasteiger partial charge in [0.05, 0.1) is 18.8 Å². The van der Waals surface area contributed by atoms with Crippen molar-refractivity contribution in [3.05, 3.63) is 59.5 Å². The second-order valence-electron chi connectivity index (χ2n) is 4.48. The largest absolute Gasteiger partial charge is 0.467 e. The molecular weight excluding hydrogens is 240 g/mol. The van der Waals surface area contributed by atoms with Crippen LogP contribution in [0.5, 0.6) is 0 Å². The highest BCUT2D eigenvalue weighted by Crippen LogP contribution is 2.16. The van der Waals surface area contributed by atoms with Crippen LogP contribution in [-0.4, -0.2) is 6.03 Å². The first kappa shape index (κ1) is 13.2. The van der Waals surface area contributed by atoms with Gasteiger partial charge in [0, 0.05) is 0 Å². The van der Waals surface area contributed by atoms with Crippen molar-refractivity contribution in [2.75, 3.05) is 0 Å². The summed E-state index contributed by atoms with van der Waals surface area (Å²) < 4.78 is 5.15. The molecule has 0 bridgehead atoms. The maximum Gasteiger partial charge on any atom is 0.315 e. The summed E-state index contributed by atoms with van der Waals surface area (Å²) in [5.74, 6) is 0.735. The Hall–Kier alpha value is -2.23. The van der Waals surface area contributed by atoms with E-state index in [2.05, 4.69) is 10.6 Å². The lowest BCUT2D eigenvalue weighted by atomic mass is 10.0. The van der Waals surface area contributed by atoms with Gasteiger partial charge in [0.2, 0.25) is 0 Å². The van der Waals surface area contributed by atoms with Crippen molar-refractivity contribution in [1.82, 2.24) is 10.6 Å². The number of benzene rings is 1. The number of nitrogens with one attached hydrogen (secondary N) is 2. The van der Waals surface area contributed by atoms with Gasteiger partial charge in [-0.15, -0.1) is 0 Å². The summed E-state index contributed by atoms with van der Waals surface area (Å²) in [5, 5.41) is 5.67. The summed E-state index contributed by atoms with van der Waals surface area (Å²) in [6.07, 6.45) is 1.59. The molecule has 2 amide bonds. The van der Waals surface area contributed by atoms with E-state index in [1.165, 1.54) is 5.56 Å². The first-order valence-electron chi connectivity index (χ1n) is 6.29. The average molecular weight is 258 g/mol. The minimum Gasteiger partial charge on any atom is -0.467 e. The second kappa shape index (κ2) is 6.09. The summed E-state index contributed by atoms with van der Waals surface area (Å²) in [6.45, 7) is 4.39. The molecule has 100 valence electrons. The van der Waals surface area contributed by atoms with Crippen molar-refractivity contribution in [3.63, 3.8) is 0 Å². The molecule has 0 saturated carbocycles. The van der Waals surface area contributed by atoms with Gasteiger partial charge in [-0.05, 0) is 37.1 Å². The molecule has 1 atom stereocenters. The minimum absolute atomic E-state index is 0.0298. The van der Waals surface area contributed by atoms with Gasteiger partial charge in [-0.3, -0.25) is 0 Å². The van der Waals surface area contributed by atoms with E-state index in [0.717, 1.165) is 11.3 Å². The van der Waals surface area contributed by atoms with Gasteiger partial charge in [-0.2, -0.15) is 0 Å². The number of hydrogen-bond donors (Lipinski definition) is 2. The molecule has 4 heteroatoms. The second-order valence-corrected chi connectivity index (χ2v) is 4.48. The van der Waals surface area contributed by atoms with Crippen LogP contribution in [0, 0.1) is 6.92 Å². The van der Waals surface area contributed by atoms with E-state index < -0.39 is 0 Å². The van der Waals surface area contributed by atoms with Crippen molar-refractivity contribution >= 4 is 6.03 Å². The van der Waals surface area contributed by atoms with Crippen LogP contribution < -0.4 is 10.6 Å². The first-order chi connectivity index (χ1) is 9.16. The number of furan rings is 1. The van der Waals surface area contributed by atoms with E-state index in [-0.39, 0.29) is 12.1 Å². The van der Waals surface area contributed by atoms with Crippen LogP contribution in [0.15, 0.2) is 47.1 Å². The third-order valence-corrected chi connectivity index (χ3v) is 3.01. The lowest BCUT2D eigenvalue weighted by Crippen LogP contribution is -2.36. The number of aryl methyl sites for hydroxylation is 1. The molecule has 0 aliphatic rings. The molecule has 0 saturated heterocycles. The molecule has 2 rings (SSSR count). The standard InChI is InChI=1S/C15H18N2O2/c1-11-6-3-4-8-14(11)12(2)17-15(18)16-10-13-7-5-9-19-13/h3-9,12H,10H2,1-2H3,(H2,16,17,18). The average Bonchev–Trinajstić information content (AvgIpc) is 2.90. The Morgan fingerprint density at radius 2 is 2.05 bits per heavy atom. The highest BCUT2D eigenvalue weighted by atomic mass is 16.3. The summed E-state index contributed by atoms with van der Waals surface area (Å²) >= 11 is 0.